The predicted octanol–water partition coefficient (Wildman–Crippen LogP) is 5.18. The third-order valence-electron chi connectivity index (χ3n) is 13.2. The third kappa shape index (κ3) is 8.33. The fraction of sp³-hybridized carbons (Fsp3) is 0.565. The fourth-order valence-corrected chi connectivity index (χ4v) is 10.7. The molecule has 16 heteroatoms. The van der Waals surface area contributed by atoms with Crippen LogP contribution in [0, 0.1) is 17.3 Å². The molecule has 4 aliphatic rings. The number of benzene rings is 1. The van der Waals surface area contributed by atoms with Crippen molar-refractivity contribution in [2.24, 2.45) is 17.3 Å². The zero-order valence-electron chi connectivity index (χ0n) is 37.2. The van der Waals surface area contributed by atoms with Crippen molar-refractivity contribution in [3.63, 3.8) is 0 Å². The monoisotopic (exact) mass is 867 g/mol. The number of likely N-dealkylation sites (N-methyl/N-ethyl adjacent to an activating group) is 1. The van der Waals surface area contributed by atoms with Gasteiger partial charge < -0.3 is 34.5 Å². The van der Waals surface area contributed by atoms with Crippen molar-refractivity contribution in [3.05, 3.63) is 58.2 Å². The molecule has 7 heterocycles. The van der Waals surface area contributed by atoms with Gasteiger partial charge >= 0.3 is 12.0 Å². The summed E-state index contributed by atoms with van der Waals surface area (Å²) in [4.78, 5) is 69.8. The van der Waals surface area contributed by atoms with Crippen LogP contribution in [0.15, 0.2) is 41.9 Å². The van der Waals surface area contributed by atoms with Crippen LogP contribution in [0.4, 0.5) is 4.79 Å². The lowest BCUT2D eigenvalue weighted by Crippen LogP contribution is -2.65. The number of hydrogen-bond donors (Lipinski definition) is 3. The minimum absolute atomic E-state index is 0.117. The molecular weight excluding hydrogens is 807 g/mol. The Morgan fingerprint density at radius 2 is 1.97 bits per heavy atom. The molecule has 6 bridgehead atoms. The summed E-state index contributed by atoms with van der Waals surface area (Å²) in [5.74, 6) is -1.05. The van der Waals surface area contributed by atoms with Crippen LogP contribution in [0.1, 0.15) is 76.8 Å². The molecule has 4 aliphatic heterocycles. The lowest BCUT2D eigenvalue weighted by Gasteiger charge is -2.46. The maximum atomic E-state index is 14.6. The number of fused-ring (bicyclic) bond motifs is 7. The number of nitrogens with one attached hydrogen (secondary N) is 3. The van der Waals surface area contributed by atoms with Gasteiger partial charge in [-0.3, -0.25) is 24.4 Å². The Bertz CT molecular complexity index is 2340. The van der Waals surface area contributed by atoms with Gasteiger partial charge in [-0.2, -0.15) is 0 Å². The molecule has 62 heavy (non-hydrogen) atoms. The number of hydrogen-bond acceptors (Lipinski definition) is 11. The number of aromatic nitrogens is 3. The lowest BCUT2D eigenvalue weighted by atomic mass is 9.84. The highest BCUT2D eigenvalue weighted by Gasteiger charge is 2.47. The van der Waals surface area contributed by atoms with Gasteiger partial charge in [0.25, 0.3) is 5.91 Å². The van der Waals surface area contributed by atoms with Crippen LogP contribution in [-0.4, -0.2) is 124 Å². The number of nitrogens with zero attached hydrogens (tertiary/aromatic N) is 6. The molecule has 8 rings (SSSR count). The average Bonchev–Trinajstić information content (AvgIpc) is 3.96. The number of carbonyl (C=O) groups excluding carboxylic acids is 4. The van der Waals surface area contributed by atoms with E-state index in [4.69, 9.17) is 19.4 Å². The van der Waals surface area contributed by atoms with Crippen molar-refractivity contribution < 1.29 is 28.7 Å². The Morgan fingerprint density at radius 1 is 1.16 bits per heavy atom. The van der Waals surface area contributed by atoms with E-state index >= 15 is 0 Å². The second-order valence-corrected chi connectivity index (χ2v) is 19.4. The van der Waals surface area contributed by atoms with E-state index in [0.717, 1.165) is 57.8 Å². The molecule has 0 unspecified atom stereocenters. The van der Waals surface area contributed by atoms with Gasteiger partial charge in [-0.15, -0.1) is 11.3 Å². The minimum Gasteiger partial charge on any atom is -0.464 e. The lowest BCUT2D eigenvalue weighted by molar-refractivity contribution is -0.155. The molecule has 6 atom stereocenters. The van der Waals surface area contributed by atoms with Gasteiger partial charge in [0.2, 0.25) is 5.91 Å². The van der Waals surface area contributed by atoms with E-state index in [1.807, 2.05) is 37.1 Å². The number of likely N-dealkylation sites (tertiary alicyclic amines) is 1. The molecule has 15 nitrogen and oxygen atoms in total. The quantitative estimate of drug-likeness (QED) is 0.201. The molecule has 0 radical (unpaired) electrons. The van der Waals surface area contributed by atoms with E-state index in [1.165, 1.54) is 21.2 Å². The number of methoxy groups -OCH3 is 1. The Kier molecular flexibility index (Phi) is 12.5. The predicted molar refractivity (Wildman–Crippen MR) is 238 cm³/mol. The van der Waals surface area contributed by atoms with Gasteiger partial charge in [-0.1, -0.05) is 33.8 Å². The first-order chi connectivity index (χ1) is 29.7. The van der Waals surface area contributed by atoms with Gasteiger partial charge in [-0.05, 0) is 68.9 Å². The van der Waals surface area contributed by atoms with E-state index in [1.54, 1.807) is 20.4 Å². The van der Waals surface area contributed by atoms with Crippen LogP contribution in [0.3, 0.4) is 0 Å². The summed E-state index contributed by atoms with van der Waals surface area (Å²) in [5, 5.41) is 11.6. The topological polar surface area (TPSA) is 163 Å². The highest BCUT2D eigenvalue weighted by Crippen LogP contribution is 2.42. The van der Waals surface area contributed by atoms with Gasteiger partial charge in [-0.25, -0.2) is 15.2 Å². The van der Waals surface area contributed by atoms with Crippen molar-refractivity contribution >= 4 is 46.1 Å². The van der Waals surface area contributed by atoms with E-state index in [-0.39, 0.29) is 43.0 Å². The number of ether oxygens (including phenoxy) is 2. The SMILES string of the molecule is CCn1c(-c2cccnc2[C@H](C)OC)c2c3cc(ccc31)-c1csc(n1)C[C@H](NC(=O)[C@H](C(C)C)N(C)C(=O)N1C[C@H]3CNC[C@H]31)C(=O)N1CCC[C@H](N1)C(=O)OCC(C)(C)C2. The number of rotatable bonds is 8. The number of hydrazine groups is 1. The number of pyridine rings is 1. The first kappa shape index (κ1) is 43.7. The maximum absolute atomic E-state index is 14.6. The zero-order valence-corrected chi connectivity index (χ0v) is 38.0. The summed E-state index contributed by atoms with van der Waals surface area (Å²) in [6.07, 6.45) is 3.32. The molecule has 0 saturated carbocycles. The average molecular weight is 868 g/mol. The molecular formula is C46H61N9O6S. The molecule has 3 saturated heterocycles. The van der Waals surface area contributed by atoms with E-state index < -0.39 is 35.4 Å². The molecule has 1 aromatic carbocycles. The molecule has 0 aliphatic carbocycles. The number of carbonyl (C=O) groups is 4. The van der Waals surface area contributed by atoms with E-state index in [2.05, 4.69) is 65.7 Å². The van der Waals surface area contributed by atoms with Gasteiger partial charge in [0.05, 0.1) is 40.8 Å². The fourth-order valence-electron chi connectivity index (χ4n) is 9.81. The molecule has 0 spiro atoms. The Labute approximate surface area is 367 Å². The highest BCUT2D eigenvalue weighted by atomic mass is 32.1. The summed E-state index contributed by atoms with van der Waals surface area (Å²) >= 11 is 1.43. The molecule has 3 aromatic heterocycles. The second-order valence-electron chi connectivity index (χ2n) is 18.5. The summed E-state index contributed by atoms with van der Waals surface area (Å²) in [6, 6.07) is 7.79. The summed E-state index contributed by atoms with van der Waals surface area (Å²) in [5.41, 5.74) is 9.42. The number of thiazole rings is 1. The van der Waals surface area contributed by atoms with Gasteiger partial charge in [0.15, 0.2) is 0 Å². The number of cyclic esters (lactones) is 1. The molecule has 4 aromatic rings. The standard InChI is InChI=1S/C46H61N9O6S/c1-9-53-36-15-14-28-18-31(36)32(41(53)30-12-10-16-48-39(30)27(4)60-8)20-46(5,6)25-61-44(58)33-13-11-17-55(51-33)43(57)34(19-38-49-35(28)24-62-38)50-42(56)40(26(2)3)52(7)45(59)54-23-29-21-47-22-37(29)54/h10,12,14-16,18,24,26-27,29,33-34,37,40,47,51H,9,11,13,17,19-23,25H2,1-8H3,(H,50,56)/t27-,29+,33-,34-,37+,40-/m0/s1. The summed E-state index contributed by atoms with van der Waals surface area (Å²) in [7, 11) is 3.36. The van der Waals surface area contributed by atoms with Crippen molar-refractivity contribution in [1.82, 2.24) is 45.4 Å². The van der Waals surface area contributed by atoms with Crippen LogP contribution < -0.4 is 16.1 Å². The largest absolute Gasteiger partial charge is 0.464 e. The van der Waals surface area contributed by atoms with Crippen LogP contribution >= 0.6 is 11.3 Å². The summed E-state index contributed by atoms with van der Waals surface area (Å²) in [6.45, 7) is 15.7. The van der Waals surface area contributed by atoms with Crippen molar-refractivity contribution in [2.45, 2.75) is 104 Å². The molecule has 3 fully saturated rings. The highest BCUT2D eigenvalue weighted by molar-refractivity contribution is 7.10. The Balaban J connectivity index is 1.17. The second kappa shape index (κ2) is 17.7. The smallest absolute Gasteiger partial charge is 0.324 e. The van der Waals surface area contributed by atoms with E-state index in [9.17, 15) is 19.2 Å². The van der Waals surface area contributed by atoms with Crippen LogP contribution in [0.25, 0.3) is 33.4 Å². The number of esters is 1. The number of urea groups is 1. The van der Waals surface area contributed by atoms with Crippen LogP contribution in [-0.2, 0) is 43.2 Å². The molecule has 4 amide bonds. The van der Waals surface area contributed by atoms with Crippen LogP contribution in [0.2, 0.25) is 0 Å². The first-order valence-corrected chi connectivity index (χ1v) is 22.9. The van der Waals surface area contributed by atoms with Crippen molar-refractivity contribution in [2.75, 3.05) is 46.9 Å². The Hall–Kier alpha value is -4.90. The number of amides is 4. The summed E-state index contributed by atoms with van der Waals surface area (Å²) < 4.78 is 14.2. The molecule has 332 valence electrons. The minimum atomic E-state index is -1.03. The Morgan fingerprint density at radius 3 is 2.71 bits per heavy atom. The molecule has 3 N–H and O–H groups in total. The van der Waals surface area contributed by atoms with E-state index in [0.29, 0.717) is 49.8 Å². The van der Waals surface area contributed by atoms with Gasteiger partial charge in [0.1, 0.15) is 18.1 Å². The first-order valence-electron chi connectivity index (χ1n) is 22.1. The number of aryl methyl sites for hydroxylation is 1. The van der Waals surface area contributed by atoms with Gasteiger partial charge in [0, 0.05) is 98.2 Å². The van der Waals surface area contributed by atoms with Crippen molar-refractivity contribution in [3.8, 4) is 22.5 Å². The van der Waals surface area contributed by atoms with Crippen LogP contribution in [0.5, 0.6) is 0 Å². The van der Waals surface area contributed by atoms with Crippen molar-refractivity contribution in [1.29, 1.82) is 0 Å². The third-order valence-corrected chi connectivity index (χ3v) is 14.0. The maximum Gasteiger partial charge on any atom is 0.324 e. The normalized spacial score (nSPS) is 23.6. The zero-order chi connectivity index (χ0) is 44.0.